The molecular formula is C17H18N4O4S. The van der Waals surface area contributed by atoms with Crippen molar-refractivity contribution in [3.8, 4) is 0 Å². The Labute approximate surface area is 153 Å². The van der Waals surface area contributed by atoms with Crippen LogP contribution in [-0.4, -0.2) is 27.4 Å². The van der Waals surface area contributed by atoms with E-state index in [0.29, 0.717) is 10.6 Å². The second kappa shape index (κ2) is 6.75. The summed E-state index contributed by atoms with van der Waals surface area (Å²) in [6, 6.07) is 8.11. The molecule has 1 aromatic heterocycles. The van der Waals surface area contributed by atoms with Gasteiger partial charge in [-0.1, -0.05) is 41.7 Å². The minimum atomic E-state index is -1.24. The van der Waals surface area contributed by atoms with Gasteiger partial charge in [-0.2, -0.15) is 5.01 Å². The Morgan fingerprint density at radius 3 is 2.54 bits per heavy atom. The first-order valence-corrected chi connectivity index (χ1v) is 8.87. The van der Waals surface area contributed by atoms with Crippen LogP contribution in [0, 0.1) is 6.92 Å². The number of hydrogen-bond acceptors (Lipinski definition) is 5. The number of benzene rings is 1. The molecule has 1 fully saturated rings. The highest BCUT2D eigenvalue weighted by atomic mass is 32.1. The van der Waals surface area contributed by atoms with Crippen molar-refractivity contribution >= 4 is 29.2 Å². The van der Waals surface area contributed by atoms with Crippen LogP contribution in [0.5, 0.6) is 0 Å². The number of carbonyl (C=O) groups excluding carboxylic acids is 3. The number of hydrogen-bond donors (Lipinski definition) is 2. The molecule has 2 heterocycles. The second-order valence-electron chi connectivity index (χ2n) is 6.14. The van der Waals surface area contributed by atoms with Gasteiger partial charge in [0.2, 0.25) is 5.91 Å². The maximum absolute atomic E-state index is 12.7. The number of aryl methyl sites for hydroxylation is 1. The molecule has 26 heavy (non-hydrogen) atoms. The molecule has 9 heteroatoms. The fourth-order valence-electron chi connectivity index (χ4n) is 2.78. The summed E-state index contributed by atoms with van der Waals surface area (Å²) in [6.07, 6.45) is -0.0312. The van der Waals surface area contributed by atoms with E-state index in [-0.39, 0.29) is 17.8 Å². The molecule has 4 amide bonds. The maximum atomic E-state index is 12.7. The van der Waals surface area contributed by atoms with Gasteiger partial charge in [-0.25, -0.2) is 4.79 Å². The summed E-state index contributed by atoms with van der Waals surface area (Å²) in [5, 5.41) is 5.01. The predicted molar refractivity (Wildman–Crippen MR) is 95.2 cm³/mol. The largest absolute Gasteiger partial charge is 0.344 e. The number of nitrogens with one attached hydrogen (secondary N) is 2. The Bertz CT molecular complexity index is 920. The lowest BCUT2D eigenvalue weighted by molar-refractivity contribution is -0.139. The average Bonchev–Trinajstić information content (AvgIpc) is 3.05. The third-order valence-electron chi connectivity index (χ3n) is 4.32. The van der Waals surface area contributed by atoms with Crippen LogP contribution in [0.15, 0.2) is 40.5 Å². The number of amides is 4. The van der Waals surface area contributed by atoms with Gasteiger partial charge in [-0.3, -0.25) is 19.8 Å². The van der Waals surface area contributed by atoms with Crippen molar-refractivity contribution in [1.82, 2.24) is 20.3 Å². The van der Waals surface area contributed by atoms with Gasteiger partial charge in [0.1, 0.15) is 5.54 Å². The van der Waals surface area contributed by atoms with E-state index in [1.165, 1.54) is 4.57 Å². The number of rotatable bonds is 5. The monoisotopic (exact) mass is 374 g/mol. The standard InChI is InChI=1S/C17H18N4O4S/c1-11-10-26-16(25)20(11)9-8-13(22)19-21-14(23)17(2,18-15(21)24)12-6-4-3-5-7-12/h3-7,10H,8-9H2,1-2H3,(H,18,24)(H,19,22)/t17-/m1/s1. The molecular weight excluding hydrogens is 356 g/mol. The number of imide groups is 1. The normalized spacial score (nSPS) is 19.5. The lowest BCUT2D eigenvalue weighted by Crippen LogP contribution is -2.48. The summed E-state index contributed by atoms with van der Waals surface area (Å²) in [5.41, 5.74) is 2.47. The van der Waals surface area contributed by atoms with Crippen LogP contribution in [-0.2, 0) is 21.7 Å². The molecule has 0 saturated carbocycles. The van der Waals surface area contributed by atoms with Crippen LogP contribution < -0.4 is 15.6 Å². The molecule has 0 unspecified atom stereocenters. The summed E-state index contributed by atoms with van der Waals surface area (Å²) in [4.78, 5) is 48.5. The van der Waals surface area contributed by atoms with Crippen molar-refractivity contribution in [3.05, 3.63) is 56.6 Å². The van der Waals surface area contributed by atoms with Crippen molar-refractivity contribution in [2.45, 2.75) is 32.4 Å². The maximum Gasteiger partial charge on any atom is 0.344 e. The molecule has 1 saturated heterocycles. The SMILES string of the molecule is Cc1csc(=O)n1CCC(=O)NN1C(=O)N[C@](C)(c2ccccc2)C1=O. The van der Waals surface area contributed by atoms with Crippen molar-refractivity contribution < 1.29 is 14.4 Å². The first kappa shape index (κ1) is 17.9. The van der Waals surface area contributed by atoms with Crippen LogP contribution in [0.4, 0.5) is 4.79 Å². The van der Waals surface area contributed by atoms with E-state index in [9.17, 15) is 19.2 Å². The number of hydrazine groups is 1. The molecule has 1 aliphatic rings. The molecule has 2 N–H and O–H groups in total. The third kappa shape index (κ3) is 3.13. The van der Waals surface area contributed by atoms with E-state index in [1.54, 1.807) is 43.5 Å². The number of nitrogens with zero attached hydrogens (tertiary/aromatic N) is 2. The van der Waals surface area contributed by atoms with Gasteiger partial charge >= 0.3 is 10.9 Å². The first-order chi connectivity index (χ1) is 12.3. The van der Waals surface area contributed by atoms with Gasteiger partial charge in [0, 0.05) is 24.0 Å². The summed E-state index contributed by atoms with van der Waals surface area (Å²) in [6.45, 7) is 3.54. The Balaban J connectivity index is 1.68. The molecule has 1 aliphatic heterocycles. The van der Waals surface area contributed by atoms with E-state index in [4.69, 9.17) is 0 Å². The third-order valence-corrected chi connectivity index (χ3v) is 5.20. The summed E-state index contributed by atoms with van der Waals surface area (Å²) in [5.74, 6) is -1.09. The van der Waals surface area contributed by atoms with Crippen LogP contribution in [0.3, 0.4) is 0 Å². The fraction of sp³-hybridized carbons (Fsp3) is 0.294. The molecule has 0 bridgehead atoms. The Morgan fingerprint density at radius 2 is 1.92 bits per heavy atom. The fourth-order valence-corrected chi connectivity index (χ4v) is 3.54. The highest BCUT2D eigenvalue weighted by Gasteiger charge is 2.49. The van der Waals surface area contributed by atoms with E-state index < -0.39 is 23.4 Å². The van der Waals surface area contributed by atoms with E-state index in [2.05, 4.69) is 10.7 Å². The topological polar surface area (TPSA) is 101 Å². The second-order valence-corrected chi connectivity index (χ2v) is 6.96. The van der Waals surface area contributed by atoms with Crippen molar-refractivity contribution in [1.29, 1.82) is 0 Å². The molecule has 1 aromatic carbocycles. The molecule has 3 rings (SSSR count). The molecule has 0 aliphatic carbocycles. The van der Waals surface area contributed by atoms with Crippen molar-refractivity contribution in [2.75, 3.05) is 0 Å². The smallest absolute Gasteiger partial charge is 0.318 e. The van der Waals surface area contributed by atoms with Crippen LogP contribution >= 0.6 is 11.3 Å². The van der Waals surface area contributed by atoms with Crippen molar-refractivity contribution in [2.24, 2.45) is 0 Å². The molecule has 0 radical (unpaired) electrons. The predicted octanol–water partition coefficient (Wildman–Crippen LogP) is 1.11. The Morgan fingerprint density at radius 1 is 1.23 bits per heavy atom. The van der Waals surface area contributed by atoms with Crippen LogP contribution in [0.2, 0.25) is 0 Å². The zero-order valence-corrected chi connectivity index (χ0v) is 15.1. The van der Waals surface area contributed by atoms with Gasteiger partial charge in [-0.15, -0.1) is 0 Å². The summed E-state index contributed by atoms with van der Waals surface area (Å²) < 4.78 is 1.48. The highest BCUT2D eigenvalue weighted by molar-refractivity contribution is 7.07. The molecule has 1 atom stereocenters. The molecule has 0 spiro atoms. The van der Waals surface area contributed by atoms with E-state index in [0.717, 1.165) is 17.0 Å². The summed E-state index contributed by atoms with van der Waals surface area (Å²) >= 11 is 1.06. The zero-order chi connectivity index (χ0) is 18.9. The molecule has 8 nitrogen and oxygen atoms in total. The first-order valence-electron chi connectivity index (χ1n) is 7.99. The van der Waals surface area contributed by atoms with E-state index >= 15 is 0 Å². The average molecular weight is 374 g/mol. The molecule has 2 aromatic rings. The Hall–Kier alpha value is -2.94. The number of urea groups is 1. The summed E-state index contributed by atoms with van der Waals surface area (Å²) in [7, 11) is 0. The lowest BCUT2D eigenvalue weighted by Gasteiger charge is -2.22. The van der Waals surface area contributed by atoms with E-state index in [1.807, 2.05) is 6.07 Å². The van der Waals surface area contributed by atoms with Gasteiger partial charge in [0.15, 0.2) is 0 Å². The van der Waals surface area contributed by atoms with Crippen molar-refractivity contribution in [3.63, 3.8) is 0 Å². The minimum absolute atomic E-state index is 0.0312. The van der Waals surface area contributed by atoms with Gasteiger partial charge in [-0.05, 0) is 19.4 Å². The zero-order valence-electron chi connectivity index (χ0n) is 14.3. The highest BCUT2D eigenvalue weighted by Crippen LogP contribution is 2.27. The van der Waals surface area contributed by atoms with Gasteiger partial charge < -0.3 is 9.88 Å². The quantitative estimate of drug-likeness (QED) is 0.766. The molecule has 136 valence electrons. The van der Waals surface area contributed by atoms with Gasteiger partial charge in [0.05, 0.1) is 0 Å². The van der Waals surface area contributed by atoms with Crippen LogP contribution in [0.1, 0.15) is 24.6 Å². The minimum Gasteiger partial charge on any atom is -0.318 e. The van der Waals surface area contributed by atoms with Gasteiger partial charge in [0.25, 0.3) is 5.91 Å². The number of aromatic nitrogens is 1. The Kier molecular flexibility index (Phi) is 4.64. The number of thiazole rings is 1. The number of carbonyl (C=O) groups is 3. The van der Waals surface area contributed by atoms with Crippen LogP contribution in [0.25, 0.3) is 0 Å². The lowest BCUT2D eigenvalue weighted by atomic mass is 9.92.